The van der Waals surface area contributed by atoms with Crippen LogP contribution in [0.25, 0.3) is 0 Å². The second-order valence-electron chi connectivity index (χ2n) is 8.82. The summed E-state index contributed by atoms with van der Waals surface area (Å²) < 4.78 is 20.0. The minimum Gasteiger partial charge on any atom is -0.381 e. The van der Waals surface area contributed by atoms with E-state index in [1.807, 2.05) is 23.1 Å². The molecule has 0 spiro atoms. The Morgan fingerprint density at radius 2 is 2.00 bits per heavy atom. The van der Waals surface area contributed by atoms with Gasteiger partial charge in [0.1, 0.15) is 5.82 Å². The number of halogens is 1. The van der Waals surface area contributed by atoms with Crippen LogP contribution in [-0.2, 0) is 27.3 Å². The quantitative estimate of drug-likeness (QED) is 0.747. The summed E-state index contributed by atoms with van der Waals surface area (Å²) in [7, 11) is 0. The van der Waals surface area contributed by atoms with E-state index in [4.69, 9.17) is 4.74 Å². The van der Waals surface area contributed by atoms with Crippen LogP contribution in [0.2, 0.25) is 0 Å². The van der Waals surface area contributed by atoms with E-state index in [9.17, 15) is 14.0 Å². The minimum absolute atomic E-state index is 0.0793. The highest BCUT2D eigenvalue weighted by Crippen LogP contribution is 2.41. The van der Waals surface area contributed by atoms with Crippen molar-refractivity contribution < 1.29 is 18.7 Å². The molecule has 0 unspecified atom stereocenters. The number of nitrogens with zero attached hydrogens (tertiary/aromatic N) is 2. The SMILES string of the molecule is CC(=O)NCc1ccc([C@H]2CCCN2C(=O)C2(Cc3ccccc3F)CCOCC2)nc1. The first-order valence-corrected chi connectivity index (χ1v) is 11.3. The van der Waals surface area contributed by atoms with E-state index in [1.54, 1.807) is 18.3 Å². The van der Waals surface area contributed by atoms with Gasteiger partial charge in [-0.25, -0.2) is 4.39 Å². The van der Waals surface area contributed by atoms with E-state index in [-0.39, 0.29) is 23.7 Å². The lowest BCUT2D eigenvalue weighted by molar-refractivity contribution is -0.149. The van der Waals surface area contributed by atoms with Crippen molar-refractivity contribution in [3.05, 3.63) is 65.2 Å². The van der Waals surface area contributed by atoms with Crippen LogP contribution < -0.4 is 5.32 Å². The molecule has 0 saturated carbocycles. The van der Waals surface area contributed by atoms with E-state index in [0.717, 1.165) is 24.1 Å². The van der Waals surface area contributed by atoms with Gasteiger partial charge in [0.25, 0.3) is 0 Å². The van der Waals surface area contributed by atoms with Crippen LogP contribution in [0.15, 0.2) is 42.6 Å². The number of rotatable bonds is 6. The van der Waals surface area contributed by atoms with Crippen molar-refractivity contribution in [2.45, 2.75) is 51.6 Å². The zero-order valence-corrected chi connectivity index (χ0v) is 18.5. The smallest absolute Gasteiger partial charge is 0.229 e. The molecule has 0 radical (unpaired) electrons. The van der Waals surface area contributed by atoms with Crippen molar-refractivity contribution in [3.63, 3.8) is 0 Å². The molecule has 1 N–H and O–H groups in total. The third kappa shape index (κ3) is 4.83. The van der Waals surface area contributed by atoms with Gasteiger partial charge >= 0.3 is 0 Å². The molecule has 3 heterocycles. The third-order valence-corrected chi connectivity index (χ3v) is 6.63. The maximum absolute atomic E-state index is 14.5. The van der Waals surface area contributed by atoms with Crippen LogP contribution in [0, 0.1) is 11.2 Å². The highest BCUT2D eigenvalue weighted by Gasteiger charge is 2.46. The average molecular weight is 440 g/mol. The maximum atomic E-state index is 14.5. The third-order valence-electron chi connectivity index (χ3n) is 6.63. The van der Waals surface area contributed by atoms with Crippen molar-refractivity contribution in [1.29, 1.82) is 0 Å². The predicted molar refractivity (Wildman–Crippen MR) is 118 cm³/mol. The zero-order valence-electron chi connectivity index (χ0n) is 18.5. The number of benzene rings is 1. The molecule has 1 atom stereocenters. The van der Waals surface area contributed by atoms with E-state index >= 15 is 0 Å². The fourth-order valence-electron chi connectivity index (χ4n) is 4.82. The molecule has 0 bridgehead atoms. The molecular formula is C25H30FN3O3. The highest BCUT2D eigenvalue weighted by molar-refractivity contribution is 5.84. The number of pyridine rings is 1. The van der Waals surface area contributed by atoms with Crippen LogP contribution in [0.3, 0.4) is 0 Å². The molecule has 2 fully saturated rings. The molecule has 1 aromatic heterocycles. The summed E-state index contributed by atoms with van der Waals surface area (Å²) in [5, 5.41) is 2.77. The second kappa shape index (κ2) is 9.77. The summed E-state index contributed by atoms with van der Waals surface area (Å²) in [5.41, 5.74) is 1.70. The lowest BCUT2D eigenvalue weighted by Crippen LogP contribution is -2.48. The summed E-state index contributed by atoms with van der Waals surface area (Å²) >= 11 is 0. The largest absolute Gasteiger partial charge is 0.381 e. The summed E-state index contributed by atoms with van der Waals surface area (Å²) in [4.78, 5) is 31.6. The second-order valence-corrected chi connectivity index (χ2v) is 8.82. The number of carbonyl (C=O) groups is 2. The van der Waals surface area contributed by atoms with Crippen molar-refractivity contribution in [3.8, 4) is 0 Å². The average Bonchev–Trinajstić information content (AvgIpc) is 3.29. The van der Waals surface area contributed by atoms with Gasteiger partial charge in [0.2, 0.25) is 11.8 Å². The van der Waals surface area contributed by atoms with E-state index in [2.05, 4.69) is 10.3 Å². The van der Waals surface area contributed by atoms with Crippen molar-refractivity contribution in [1.82, 2.24) is 15.2 Å². The van der Waals surface area contributed by atoms with Gasteiger partial charge in [-0.2, -0.15) is 0 Å². The Kier molecular flexibility index (Phi) is 6.84. The summed E-state index contributed by atoms with van der Waals surface area (Å²) in [6, 6.07) is 10.5. The molecule has 2 saturated heterocycles. The molecule has 2 amide bonds. The minimum atomic E-state index is -0.658. The number of hydrogen-bond acceptors (Lipinski definition) is 4. The van der Waals surface area contributed by atoms with E-state index in [0.29, 0.717) is 51.1 Å². The first-order valence-electron chi connectivity index (χ1n) is 11.3. The molecule has 4 rings (SSSR count). The first kappa shape index (κ1) is 22.4. The molecule has 170 valence electrons. The van der Waals surface area contributed by atoms with E-state index < -0.39 is 5.41 Å². The number of aromatic nitrogens is 1. The summed E-state index contributed by atoms with van der Waals surface area (Å²) in [6.07, 6.45) is 5.09. The standard InChI is InChI=1S/C25H30FN3O3/c1-18(30)27-16-19-8-9-22(28-17-19)23-7-4-12-29(23)24(31)25(10-13-32-14-11-25)15-20-5-2-3-6-21(20)26/h2-3,5-6,8-9,17,23H,4,7,10-16H2,1H3,(H,27,30)/t23-/m1/s1. The van der Waals surface area contributed by atoms with Crippen LogP contribution in [0.1, 0.15) is 55.5 Å². The molecule has 0 aliphatic carbocycles. The molecule has 2 aliphatic rings. The van der Waals surface area contributed by atoms with Crippen LogP contribution in [0.5, 0.6) is 0 Å². The number of hydrogen-bond donors (Lipinski definition) is 1. The number of ether oxygens (including phenoxy) is 1. The normalized spacial score (nSPS) is 20.2. The van der Waals surface area contributed by atoms with Gasteiger partial charge in [-0.05, 0) is 55.4 Å². The molecule has 2 aromatic rings. The van der Waals surface area contributed by atoms with E-state index in [1.165, 1.54) is 13.0 Å². The fourth-order valence-corrected chi connectivity index (χ4v) is 4.82. The van der Waals surface area contributed by atoms with Crippen molar-refractivity contribution >= 4 is 11.8 Å². The Labute approximate surface area is 188 Å². The first-order chi connectivity index (χ1) is 15.5. The van der Waals surface area contributed by atoms with Gasteiger partial charge in [0, 0.05) is 39.4 Å². The number of carbonyl (C=O) groups excluding carboxylic acids is 2. The van der Waals surface area contributed by atoms with Crippen LogP contribution >= 0.6 is 0 Å². The molecular weight excluding hydrogens is 409 g/mol. The van der Waals surface area contributed by atoms with Crippen molar-refractivity contribution in [2.75, 3.05) is 19.8 Å². The Balaban J connectivity index is 1.55. The predicted octanol–water partition coefficient (Wildman–Crippen LogP) is 3.56. The zero-order chi connectivity index (χ0) is 22.6. The summed E-state index contributed by atoms with van der Waals surface area (Å²) in [6.45, 7) is 3.61. The Morgan fingerprint density at radius 1 is 1.22 bits per heavy atom. The van der Waals surface area contributed by atoms with Crippen LogP contribution in [-0.4, -0.2) is 41.5 Å². The fraction of sp³-hybridized carbons (Fsp3) is 0.480. The Morgan fingerprint density at radius 3 is 2.69 bits per heavy atom. The van der Waals surface area contributed by atoms with Gasteiger partial charge in [0.05, 0.1) is 17.2 Å². The molecule has 2 aliphatic heterocycles. The van der Waals surface area contributed by atoms with Crippen LogP contribution in [0.4, 0.5) is 4.39 Å². The highest BCUT2D eigenvalue weighted by atomic mass is 19.1. The van der Waals surface area contributed by atoms with Gasteiger partial charge in [-0.15, -0.1) is 0 Å². The number of likely N-dealkylation sites (tertiary alicyclic amines) is 1. The monoisotopic (exact) mass is 439 g/mol. The Bertz CT molecular complexity index is 957. The topological polar surface area (TPSA) is 71.5 Å². The number of amides is 2. The lowest BCUT2D eigenvalue weighted by atomic mass is 9.73. The Hall–Kier alpha value is -2.80. The lowest BCUT2D eigenvalue weighted by Gasteiger charge is -2.40. The van der Waals surface area contributed by atoms with Gasteiger partial charge in [-0.3, -0.25) is 14.6 Å². The van der Waals surface area contributed by atoms with Gasteiger partial charge < -0.3 is 15.0 Å². The van der Waals surface area contributed by atoms with Gasteiger partial charge in [0.15, 0.2) is 0 Å². The van der Waals surface area contributed by atoms with Crippen molar-refractivity contribution in [2.24, 2.45) is 5.41 Å². The van der Waals surface area contributed by atoms with Gasteiger partial charge in [-0.1, -0.05) is 24.3 Å². The number of nitrogens with one attached hydrogen (secondary N) is 1. The molecule has 32 heavy (non-hydrogen) atoms. The molecule has 1 aromatic carbocycles. The summed E-state index contributed by atoms with van der Waals surface area (Å²) in [5.74, 6) is -0.269. The molecule has 7 heteroatoms. The molecule has 6 nitrogen and oxygen atoms in total. The maximum Gasteiger partial charge on any atom is 0.229 e.